The standard InChI is InChI=1S/C7H3F3N3.3C4H9.Sn/c8-7(9,10)5-4-13-2-1-11-3-6(13)12-5;3*1-3-4-2;/h1-3H;3*1,3-4H2,2H3;. The molecule has 0 atom stereocenters. The molecule has 3 nitrogen and oxygen atoms in total. The number of alkyl halides is 3. The Kier molecular flexibility index (Phi) is 7.79. The zero-order valence-electron chi connectivity index (χ0n) is 16.1. The van der Waals surface area contributed by atoms with Crippen molar-refractivity contribution < 1.29 is 13.2 Å². The average Bonchev–Trinajstić information content (AvgIpc) is 3.02. The second-order valence-corrected chi connectivity index (χ2v) is 20.1. The molecule has 0 bridgehead atoms. The first kappa shape index (κ1) is 21.5. The minimum absolute atomic E-state index is 0.334. The molecule has 2 aromatic rings. The topological polar surface area (TPSA) is 30.2 Å². The van der Waals surface area contributed by atoms with E-state index in [1.165, 1.54) is 6.20 Å². The SMILES string of the molecule is CCC[CH2][Sn]([CH2]CCC)([CH2]CCC)[c]1c(C(F)(F)F)nc2cnccn12. The molecule has 2 aromatic heterocycles. The van der Waals surface area contributed by atoms with Crippen molar-refractivity contribution in [3.05, 3.63) is 24.3 Å². The second kappa shape index (κ2) is 9.42. The van der Waals surface area contributed by atoms with Crippen molar-refractivity contribution in [2.75, 3.05) is 0 Å². The van der Waals surface area contributed by atoms with Crippen LogP contribution in [-0.4, -0.2) is 32.7 Å². The van der Waals surface area contributed by atoms with E-state index in [1.54, 1.807) is 16.8 Å². The third kappa shape index (κ3) is 4.73. The number of hydrogen-bond acceptors (Lipinski definition) is 2. The molecule has 0 saturated carbocycles. The summed E-state index contributed by atoms with van der Waals surface area (Å²) in [5, 5.41) is 0. The molecule has 0 spiro atoms. The van der Waals surface area contributed by atoms with Gasteiger partial charge >= 0.3 is 158 Å². The molecule has 0 aliphatic carbocycles. The van der Waals surface area contributed by atoms with Crippen LogP contribution in [0, 0.1) is 0 Å². The van der Waals surface area contributed by atoms with Gasteiger partial charge in [0, 0.05) is 0 Å². The van der Waals surface area contributed by atoms with Gasteiger partial charge in [0.2, 0.25) is 0 Å². The van der Waals surface area contributed by atoms with E-state index in [4.69, 9.17) is 0 Å². The molecule has 0 radical (unpaired) electrons. The van der Waals surface area contributed by atoms with Gasteiger partial charge in [-0.2, -0.15) is 0 Å². The zero-order valence-corrected chi connectivity index (χ0v) is 18.9. The Morgan fingerprint density at radius 2 is 1.50 bits per heavy atom. The summed E-state index contributed by atoms with van der Waals surface area (Å²) in [6.45, 7) is 6.37. The molecule has 0 aromatic carbocycles. The Labute approximate surface area is 158 Å². The van der Waals surface area contributed by atoms with Crippen LogP contribution in [0.1, 0.15) is 65.0 Å². The fourth-order valence-electron chi connectivity index (χ4n) is 3.89. The van der Waals surface area contributed by atoms with Crippen LogP contribution >= 0.6 is 0 Å². The predicted molar refractivity (Wildman–Crippen MR) is 103 cm³/mol. The summed E-state index contributed by atoms with van der Waals surface area (Å²) < 4.78 is 47.0. The van der Waals surface area contributed by atoms with Crippen LogP contribution in [0.15, 0.2) is 18.6 Å². The fraction of sp³-hybridized carbons (Fsp3) is 0.684. The molecule has 0 unspecified atom stereocenters. The molecule has 0 amide bonds. The van der Waals surface area contributed by atoms with Crippen LogP contribution in [0.5, 0.6) is 0 Å². The van der Waals surface area contributed by atoms with Crippen molar-refractivity contribution in [2.24, 2.45) is 0 Å². The van der Waals surface area contributed by atoms with Crippen molar-refractivity contribution in [1.29, 1.82) is 0 Å². The number of nitrogens with zero attached hydrogens (tertiary/aromatic N) is 3. The minimum atomic E-state index is -4.41. The van der Waals surface area contributed by atoms with Crippen molar-refractivity contribution in [2.45, 2.75) is 78.8 Å². The second-order valence-electron chi connectivity index (χ2n) is 7.20. The van der Waals surface area contributed by atoms with E-state index in [9.17, 15) is 13.2 Å². The van der Waals surface area contributed by atoms with Gasteiger partial charge in [-0.25, -0.2) is 0 Å². The summed E-state index contributed by atoms with van der Waals surface area (Å²) in [5.74, 6) is 0. The van der Waals surface area contributed by atoms with Crippen LogP contribution in [-0.2, 0) is 6.18 Å². The van der Waals surface area contributed by atoms with Crippen LogP contribution in [0.25, 0.3) is 5.65 Å². The van der Waals surface area contributed by atoms with Crippen molar-refractivity contribution in [3.8, 4) is 0 Å². The van der Waals surface area contributed by atoms with Gasteiger partial charge in [-0.05, 0) is 0 Å². The quantitative estimate of drug-likeness (QED) is 0.406. The van der Waals surface area contributed by atoms with Crippen molar-refractivity contribution in [3.63, 3.8) is 0 Å². The van der Waals surface area contributed by atoms with Gasteiger partial charge in [0.1, 0.15) is 0 Å². The molecule has 26 heavy (non-hydrogen) atoms. The van der Waals surface area contributed by atoms with Gasteiger partial charge in [-0.1, -0.05) is 0 Å². The number of unbranched alkanes of at least 4 members (excludes halogenated alkanes) is 3. The Morgan fingerprint density at radius 1 is 0.962 bits per heavy atom. The first-order valence-electron chi connectivity index (χ1n) is 9.79. The van der Waals surface area contributed by atoms with Gasteiger partial charge in [0.15, 0.2) is 0 Å². The summed E-state index contributed by atoms with van der Waals surface area (Å²) in [4.78, 5) is 7.99. The number of aromatic nitrogens is 3. The maximum atomic E-state index is 13.9. The monoisotopic (exact) mass is 477 g/mol. The first-order valence-corrected chi connectivity index (χ1v) is 17.3. The number of rotatable bonds is 10. The van der Waals surface area contributed by atoms with Crippen molar-refractivity contribution in [1.82, 2.24) is 14.4 Å². The van der Waals surface area contributed by atoms with Gasteiger partial charge in [0.05, 0.1) is 0 Å². The molecular formula is C19H30F3N3Sn. The Balaban J connectivity index is 2.71. The molecule has 0 aliphatic heterocycles. The third-order valence-corrected chi connectivity index (χ3v) is 20.7. The molecular weight excluding hydrogens is 446 g/mol. The number of halogens is 3. The molecule has 146 valence electrons. The van der Waals surface area contributed by atoms with Crippen LogP contribution in [0.3, 0.4) is 0 Å². The van der Waals surface area contributed by atoms with Gasteiger partial charge in [-0.3, -0.25) is 0 Å². The number of hydrogen-bond donors (Lipinski definition) is 0. The number of imidazole rings is 1. The number of fused-ring (bicyclic) bond motifs is 1. The van der Waals surface area contributed by atoms with E-state index in [1.807, 2.05) is 0 Å². The Morgan fingerprint density at radius 3 is 1.96 bits per heavy atom. The first-order chi connectivity index (χ1) is 12.4. The summed E-state index contributed by atoms with van der Waals surface area (Å²) in [7, 11) is 0. The van der Waals surface area contributed by atoms with Gasteiger partial charge < -0.3 is 0 Å². The van der Waals surface area contributed by atoms with Crippen LogP contribution in [0.4, 0.5) is 13.2 Å². The summed E-state index contributed by atoms with van der Waals surface area (Å²) >= 11 is -3.30. The van der Waals surface area contributed by atoms with E-state index in [-0.39, 0.29) is 0 Å². The van der Waals surface area contributed by atoms with E-state index in [0.717, 1.165) is 51.8 Å². The van der Waals surface area contributed by atoms with E-state index >= 15 is 0 Å². The molecule has 2 rings (SSSR count). The Bertz CT molecular complexity index is 675. The van der Waals surface area contributed by atoms with E-state index < -0.39 is 30.2 Å². The normalized spacial score (nSPS) is 12.8. The maximum absolute atomic E-state index is 13.9. The van der Waals surface area contributed by atoms with Gasteiger partial charge in [-0.15, -0.1) is 0 Å². The molecule has 0 aliphatic rings. The molecule has 0 saturated heterocycles. The summed E-state index contributed by atoms with van der Waals surface area (Å²) in [5.41, 5.74) is -0.301. The van der Waals surface area contributed by atoms with Crippen molar-refractivity contribution >= 4 is 27.7 Å². The van der Waals surface area contributed by atoms with E-state index in [0.29, 0.717) is 9.36 Å². The van der Waals surface area contributed by atoms with Crippen LogP contribution < -0.4 is 3.71 Å². The fourth-order valence-corrected chi connectivity index (χ4v) is 20.9. The Hall–Kier alpha value is -0.791. The van der Waals surface area contributed by atoms with Gasteiger partial charge in [0.25, 0.3) is 0 Å². The summed E-state index contributed by atoms with van der Waals surface area (Å²) in [6.07, 6.45) is 6.42. The predicted octanol–water partition coefficient (Wildman–Crippen LogP) is 5.80. The summed E-state index contributed by atoms with van der Waals surface area (Å²) in [6, 6.07) is 0. The van der Waals surface area contributed by atoms with Crippen LogP contribution in [0.2, 0.25) is 13.3 Å². The molecule has 0 fully saturated rings. The van der Waals surface area contributed by atoms with E-state index in [2.05, 4.69) is 30.7 Å². The molecule has 7 heteroatoms. The molecule has 2 heterocycles. The molecule has 0 N–H and O–H groups in total. The third-order valence-electron chi connectivity index (χ3n) is 5.23. The zero-order chi connectivity index (χ0) is 19.2. The average molecular weight is 476 g/mol.